The summed E-state index contributed by atoms with van der Waals surface area (Å²) in [7, 11) is 0. The van der Waals surface area contributed by atoms with Gasteiger partial charge in [0.25, 0.3) is 0 Å². The third-order valence-corrected chi connectivity index (χ3v) is 2.59. The maximum absolute atomic E-state index is 11.4. The first-order valence-electron chi connectivity index (χ1n) is 5.97. The quantitative estimate of drug-likeness (QED) is 0.787. The number of aliphatic hydroxyl groups is 1. The van der Waals surface area contributed by atoms with Crippen molar-refractivity contribution in [2.24, 2.45) is 0 Å². The van der Waals surface area contributed by atoms with Crippen LogP contribution in [0, 0.1) is 0 Å². The lowest BCUT2D eigenvalue weighted by Gasteiger charge is -2.01. The van der Waals surface area contributed by atoms with Crippen molar-refractivity contribution < 1.29 is 29.0 Å². The lowest BCUT2D eigenvalue weighted by Crippen LogP contribution is -2.10. The first kappa shape index (κ1) is 14.0. The fourth-order valence-corrected chi connectivity index (χ4v) is 1.70. The standard InChI is InChI=1S/C13H13NO6/c1-2-19-10(15)6-7-3-4-9-8(5-7)14-12(20-9)11(16)13(17)18/h3-5,11,16H,2,6H2,1H3,(H,17,18). The number of ether oxygens (including phenoxy) is 1. The van der Waals surface area contributed by atoms with Gasteiger partial charge in [0.15, 0.2) is 5.58 Å². The van der Waals surface area contributed by atoms with Crippen LogP contribution in [-0.4, -0.2) is 33.7 Å². The van der Waals surface area contributed by atoms with Crippen molar-refractivity contribution in [1.82, 2.24) is 4.98 Å². The summed E-state index contributed by atoms with van der Waals surface area (Å²) in [5.41, 5.74) is 1.38. The number of carboxylic acid groups (broad SMARTS) is 1. The molecule has 106 valence electrons. The third kappa shape index (κ3) is 2.94. The minimum absolute atomic E-state index is 0.0907. The van der Waals surface area contributed by atoms with Crippen molar-refractivity contribution in [3.8, 4) is 0 Å². The summed E-state index contributed by atoms with van der Waals surface area (Å²) >= 11 is 0. The van der Waals surface area contributed by atoms with Gasteiger partial charge in [-0.05, 0) is 24.6 Å². The normalized spacial score (nSPS) is 12.3. The maximum atomic E-state index is 11.4. The summed E-state index contributed by atoms with van der Waals surface area (Å²) in [5, 5.41) is 18.0. The van der Waals surface area contributed by atoms with Gasteiger partial charge >= 0.3 is 11.9 Å². The number of carboxylic acids is 1. The summed E-state index contributed by atoms with van der Waals surface area (Å²) in [6, 6.07) is 4.81. The maximum Gasteiger partial charge on any atom is 0.342 e. The van der Waals surface area contributed by atoms with Crippen LogP contribution in [0.25, 0.3) is 11.1 Å². The fraction of sp³-hybridized carbons (Fsp3) is 0.308. The molecule has 20 heavy (non-hydrogen) atoms. The number of hydrogen-bond donors (Lipinski definition) is 2. The zero-order valence-corrected chi connectivity index (χ0v) is 10.7. The molecule has 0 aliphatic carbocycles. The van der Waals surface area contributed by atoms with E-state index in [0.717, 1.165) is 0 Å². The number of carbonyl (C=O) groups is 2. The van der Waals surface area contributed by atoms with Gasteiger partial charge in [0.05, 0.1) is 13.0 Å². The molecule has 0 aliphatic heterocycles. The van der Waals surface area contributed by atoms with E-state index in [2.05, 4.69) is 4.98 Å². The second kappa shape index (κ2) is 5.70. The molecular formula is C13H13NO6. The highest BCUT2D eigenvalue weighted by atomic mass is 16.5. The number of hydrogen-bond acceptors (Lipinski definition) is 6. The van der Waals surface area contributed by atoms with Crippen molar-refractivity contribution >= 4 is 23.0 Å². The zero-order valence-electron chi connectivity index (χ0n) is 10.7. The number of carbonyl (C=O) groups excluding carboxylic acids is 1. The average molecular weight is 279 g/mol. The Labute approximate surface area is 113 Å². The van der Waals surface area contributed by atoms with Crippen LogP contribution in [0.5, 0.6) is 0 Å². The highest BCUT2D eigenvalue weighted by Crippen LogP contribution is 2.21. The number of nitrogens with zero attached hydrogens (tertiary/aromatic N) is 1. The summed E-state index contributed by atoms with van der Waals surface area (Å²) in [5.74, 6) is -2.09. The minimum Gasteiger partial charge on any atom is -0.479 e. The molecule has 1 heterocycles. The third-order valence-electron chi connectivity index (χ3n) is 2.59. The van der Waals surface area contributed by atoms with E-state index in [1.807, 2.05) is 0 Å². The molecule has 2 rings (SSSR count). The van der Waals surface area contributed by atoms with E-state index in [1.165, 1.54) is 0 Å². The summed E-state index contributed by atoms with van der Waals surface area (Å²) in [4.78, 5) is 25.9. The first-order chi connectivity index (χ1) is 9.51. The summed E-state index contributed by atoms with van der Waals surface area (Å²) in [6.45, 7) is 2.03. The zero-order chi connectivity index (χ0) is 14.7. The Morgan fingerprint density at radius 2 is 2.20 bits per heavy atom. The van der Waals surface area contributed by atoms with Gasteiger partial charge in [0.1, 0.15) is 5.52 Å². The van der Waals surface area contributed by atoms with Crippen LogP contribution < -0.4 is 0 Å². The fourth-order valence-electron chi connectivity index (χ4n) is 1.70. The molecule has 0 aliphatic rings. The topological polar surface area (TPSA) is 110 Å². The Morgan fingerprint density at radius 3 is 2.85 bits per heavy atom. The molecule has 2 aromatic rings. The van der Waals surface area contributed by atoms with E-state index < -0.39 is 12.1 Å². The molecule has 0 amide bonds. The van der Waals surface area contributed by atoms with Crippen LogP contribution in [0.15, 0.2) is 22.6 Å². The van der Waals surface area contributed by atoms with E-state index in [4.69, 9.17) is 14.3 Å². The van der Waals surface area contributed by atoms with Crippen molar-refractivity contribution in [2.75, 3.05) is 6.61 Å². The van der Waals surface area contributed by atoms with Gasteiger partial charge in [-0.15, -0.1) is 0 Å². The lowest BCUT2D eigenvalue weighted by molar-refractivity contribution is -0.148. The molecule has 1 aromatic carbocycles. The molecule has 1 unspecified atom stereocenters. The average Bonchev–Trinajstić information content (AvgIpc) is 2.80. The number of fused-ring (bicyclic) bond motifs is 1. The minimum atomic E-state index is -1.81. The molecule has 7 heteroatoms. The van der Waals surface area contributed by atoms with E-state index in [9.17, 15) is 14.7 Å². The SMILES string of the molecule is CCOC(=O)Cc1ccc2oc(C(O)C(=O)O)nc2c1. The number of rotatable bonds is 5. The van der Waals surface area contributed by atoms with E-state index in [-0.39, 0.29) is 18.3 Å². The number of benzene rings is 1. The summed E-state index contributed by atoms with van der Waals surface area (Å²) < 4.78 is 9.97. The number of aromatic nitrogens is 1. The highest BCUT2D eigenvalue weighted by Gasteiger charge is 2.22. The first-order valence-corrected chi connectivity index (χ1v) is 5.97. The largest absolute Gasteiger partial charge is 0.479 e. The van der Waals surface area contributed by atoms with Crippen molar-refractivity contribution in [3.63, 3.8) is 0 Å². The van der Waals surface area contributed by atoms with Gasteiger partial charge in [-0.3, -0.25) is 4.79 Å². The Hall–Kier alpha value is -2.41. The number of esters is 1. The molecule has 1 atom stereocenters. The van der Waals surface area contributed by atoms with Gasteiger partial charge in [-0.1, -0.05) is 6.07 Å². The number of aliphatic hydroxyl groups excluding tert-OH is 1. The number of aliphatic carboxylic acids is 1. The molecule has 0 saturated heterocycles. The smallest absolute Gasteiger partial charge is 0.342 e. The van der Waals surface area contributed by atoms with Crippen LogP contribution in [0.2, 0.25) is 0 Å². The van der Waals surface area contributed by atoms with Crippen molar-refractivity contribution in [1.29, 1.82) is 0 Å². The second-order valence-corrected chi connectivity index (χ2v) is 4.08. The molecule has 0 saturated carbocycles. The molecular weight excluding hydrogens is 266 g/mol. The van der Waals surface area contributed by atoms with Gasteiger partial charge < -0.3 is 19.4 Å². The van der Waals surface area contributed by atoms with Crippen LogP contribution in [0.4, 0.5) is 0 Å². The predicted octanol–water partition coefficient (Wildman–Crippen LogP) is 1.05. The molecule has 0 bridgehead atoms. The molecule has 0 fully saturated rings. The second-order valence-electron chi connectivity index (χ2n) is 4.08. The molecule has 0 spiro atoms. The lowest BCUT2D eigenvalue weighted by atomic mass is 10.1. The Morgan fingerprint density at radius 1 is 1.45 bits per heavy atom. The highest BCUT2D eigenvalue weighted by molar-refractivity contribution is 5.79. The molecule has 2 N–H and O–H groups in total. The van der Waals surface area contributed by atoms with E-state index in [0.29, 0.717) is 23.3 Å². The predicted molar refractivity (Wildman–Crippen MR) is 66.9 cm³/mol. The molecule has 7 nitrogen and oxygen atoms in total. The Bertz CT molecular complexity index is 647. The molecule has 1 aromatic heterocycles. The van der Waals surface area contributed by atoms with Gasteiger partial charge in [0, 0.05) is 0 Å². The molecule has 0 radical (unpaired) electrons. The van der Waals surface area contributed by atoms with Crippen LogP contribution in [-0.2, 0) is 20.7 Å². The van der Waals surface area contributed by atoms with Crippen molar-refractivity contribution in [2.45, 2.75) is 19.4 Å². The summed E-state index contributed by atoms with van der Waals surface area (Å²) in [6.07, 6.45) is -1.72. The Balaban J connectivity index is 2.26. The van der Waals surface area contributed by atoms with Gasteiger partial charge in [-0.2, -0.15) is 0 Å². The van der Waals surface area contributed by atoms with E-state index >= 15 is 0 Å². The van der Waals surface area contributed by atoms with E-state index in [1.54, 1.807) is 25.1 Å². The van der Waals surface area contributed by atoms with Gasteiger partial charge in [-0.25, -0.2) is 9.78 Å². The van der Waals surface area contributed by atoms with Crippen LogP contribution in [0.3, 0.4) is 0 Å². The Kier molecular flexibility index (Phi) is 3.99. The van der Waals surface area contributed by atoms with Gasteiger partial charge in [0.2, 0.25) is 12.0 Å². The van der Waals surface area contributed by atoms with Crippen LogP contribution >= 0.6 is 0 Å². The van der Waals surface area contributed by atoms with Crippen LogP contribution in [0.1, 0.15) is 24.5 Å². The number of oxazole rings is 1. The monoisotopic (exact) mass is 279 g/mol. The van der Waals surface area contributed by atoms with Crippen molar-refractivity contribution in [3.05, 3.63) is 29.7 Å².